The first-order valence-corrected chi connectivity index (χ1v) is 9.67. The zero-order chi connectivity index (χ0) is 21.8. The Morgan fingerprint density at radius 3 is 2.63 bits per heavy atom. The Morgan fingerprint density at radius 2 is 2.00 bits per heavy atom. The van der Waals surface area contributed by atoms with Gasteiger partial charge in [0, 0.05) is 16.0 Å². The molecule has 3 rings (SSSR count). The van der Waals surface area contributed by atoms with Crippen LogP contribution in [-0.2, 0) is 11.3 Å². The van der Waals surface area contributed by atoms with Gasteiger partial charge < -0.3 is 18.9 Å². The van der Waals surface area contributed by atoms with Crippen LogP contribution in [0.5, 0.6) is 23.0 Å². The van der Waals surface area contributed by atoms with Gasteiger partial charge in [-0.25, -0.2) is 4.79 Å². The summed E-state index contributed by atoms with van der Waals surface area (Å²) in [4.78, 5) is 15.9. The summed E-state index contributed by atoms with van der Waals surface area (Å²) < 4.78 is 22.8. The maximum atomic E-state index is 12.9. The third kappa shape index (κ3) is 4.14. The summed E-state index contributed by atoms with van der Waals surface area (Å²) in [5.74, 6) is 1.30. The highest BCUT2D eigenvalue weighted by molar-refractivity contribution is 5.96. The summed E-state index contributed by atoms with van der Waals surface area (Å²) in [5.41, 5.74) is 11.5. The van der Waals surface area contributed by atoms with Gasteiger partial charge in [-0.05, 0) is 48.6 Å². The zero-order valence-corrected chi connectivity index (χ0v) is 17.8. The molecule has 1 heterocycles. The van der Waals surface area contributed by atoms with Crippen LogP contribution < -0.4 is 14.2 Å². The topological polar surface area (TPSA) is 103 Å². The third-order valence-corrected chi connectivity index (χ3v) is 4.87. The van der Waals surface area contributed by atoms with Crippen molar-refractivity contribution in [3.8, 4) is 23.0 Å². The number of hydrogen-bond donors (Lipinski definition) is 0. The van der Waals surface area contributed by atoms with Crippen molar-refractivity contribution < 1.29 is 23.7 Å². The van der Waals surface area contributed by atoms with Gasteiger partial charge in [-0.1, -0.05) is 25.0 Å². The Kier molecular flexibility index (Phi) is 6.37. The van der Waals surface area contributed by atoms with Gasteiger partial charge in [-0.15, -0.1) is 0 Å². The summed E-state index contributed by atoms with van der Waals surface area (Å²) >= 11 is 0. The van der Waals surface area contributed by atoms with E-state index in [9.17, 15) is 4.79 Å². The number of carbonyl (C=O) groups is 1. The molecule has 1 atom stereocenters. The van der Waals surface area contributed by atoms with Gasteiger partial charge in [-0.2, -0.15) is 0 Å². The fraction of sp³-hybridized carbons (Fsp3) is 0.409. The van der Waals surface area contributed by atoms with Crippen molar-refractivity contribution in [3.05, 3.63) is 57.0 Å². The fourth-order valence-electron chi connectivity index (χ4n) is 3.60. The Balaban J connectivity index is 2.18. The molecule has 0 N–H and O–H groups in total. The molecule has 0 saturated heterocycles. The van der Waals surface area contributed by atoms with Gasteiger partial charge in [0.15, 0.2) is 11.5 Å². The van der Waals surface area contributed by atoms with E-state index in [0.29, 0.717) is 29.0 Å². The lowest BCUT2D eigenvalue weighted by Gasteiger charge is -2.24. The molecule has 0 spiro atoms. The van der Waals surface area contributed by atoms with E-state index in [4.69, 9.17) is 24.5 Å². The van der Waals surface area contributed by atoms with Crippen LogP contribution in [-0.4, -0.2) is 20.2 Å². The first kappa shape index (κ1) is 21.3. The van der Waals surface area contributed by atoms with Crippen molar-refractivity contribution in [3.63, 3.8) is 0 Å². The molecule has 2 aromatic rings. The van der Waals surface area contributed by atoms with Crippen LogP contribution in [0.25, 0.3) is 10.4 Å². The molecule has 0 fully saturated rings. The van der Waals surface area contributed by atoms with E-state index in [2.05, 4.69) is 10.0 Å². The highest BCUT2D eigenvalue weighted by Crippen LogP contribution is 2.45. The molecule has 1 aliphatic rings. The predicted molar refractivity (Wildman–Crippen MR) is 111 cm³/mol. The number of azide groups is 1. The molecule has 30 heavy (non-hydrogen) atoms. The monoisotopic (exact) mass is 411 g/mol. The predicted octanol–water partition coefficient (Wildman–Crippen LogP) is 5.87. The van der Waals surface area contributed by atoms with Crippen LogP contribution in [0.2, 0.25) is 0 Å². The largest absolute Gasteiger partial charge is 0.495 e. The number of carbonyl (C=O) groups excluding carboxylic acids is 1. The van der Waals surface area contributed by atoms with Crippen LogP contribution in [0, 0.1) is 12.8 Å². The fourth-order valence-corrected chi connectivity index (χ4v) is 3.60. The zero-order valence-electron chi connectivity index (χ0n) is 17.8. The second-order valence-corrected chi connectivity index (χ2v) is 7.55. The molecule has 158 valence electrons. The quantitative estimate of drug-likeness (QED) is 0.256. The Hall–Kier alpha value is -3.38. The second kappa shape index (κ2) is 8.97. The Bertz CT molecular complexity index is 1010. The van der Waals surface area contributed by atoms with Gasteiger partial charge in [0.2, 0.25) is 0 Å². The molecule has 8 nitrogen and oxygen atoms in total. The normalized spacial score (nSPS) is 13.6. The number of fused-ring (bicyclic) bond motifs is 2. The van der Waals surface area contributed by atoms with Gasteiger partial charge in [0.1, 0.15) is 23.7 Å². The molecular formula is C22H25N3O5. The SMILES string of the molecule is COc1cc(C)cc2c1Oc1ccc(C(CC(C)C)N=[N+]=[N-])c(OC)c1C(=O)OC2. The molecule has 1 unspecified atom stereocenters. The number of nitrogens with zero attached hydrogens (tertiary/aromatic N) is 3. The maximum Gasteiger partial charge on any atom is 0.346 e. The number of cyclic esters (lactones) is 1. The number of benzene rings is 2. The van der Waals surface area contributed by atoms with Crippen molar-refractivity contribution in [1.82, 2.24) is 0 Å². The van der Waals surface area contributed by atoms with E-state index in [1.165, 1.54) is 7.11 Å². The smallest absolute Gasteiger partial charge is 0.346 e. The summed E-state index contributed by atoms with van der Waals surface area (Å²) in [6.07, 6.45) is 0.602. The lowest BCUT2D eigenvalue weighted by atomic mass is 9.94. The van der Waals surface area contributed by atoms with Crippen LogP contribution >= 0.6 is 0 Å². The molecule has 0 aliphatic carbocycles. The van der Waals surface area contributed by atoms with E-state index in [0.717, 1.165) is 5.56 Å². The lowest BCUT2D eigenvalue weighted by Crippen LogP contribution is -2.15. The van der Waals surface area contributed by atoms with E-state index in [-0.39, 0.29) is 29.6 Å². The van der Waals surface area contributed by atoms with Gasteiger partial charge in [0.05, 0.1) is 20.3 Å². The minimum Gasteiger partial charge on any atom is -0.495 e. The number of esters is 1. The van der Waals surface area contributed by atoms with Crippen molar-refractivity contribution in [2.45, 2.75) is 39.8 Å². The number of methoxy groups -OCH3 is 2. The minimum absolute atomic E-state index is 0.0325. The van der Waals surface area contributed by atoms with Gasteiger partial charge in [-0.3, -0.25) is 0 Å². The molecule has 8 heteroatoms. The van der Waals surface area contributed by atoms with E-state index >= 15 is 0 Å². The van der Waals surface area contributed by atoms with Crippen molar-refractivity contribution in [2.24, 2.45) is 11.0 Å². The average Bonchev–Trinajstić information content (AvgIpc) is 2.70. The molecule has 0 radical (unpaired) electrons. The van der Waals surface area contributed by atoms with Crippen LogP contribution in [0.4, 0.5) is 0 Å². The highest BCUT2D eigenvalue weighted by atomic mass is 16.6. The second-order valence-electron chi connectivity index (χ2n) is 7.55. The van der Waals surface area contributed by atoms with Crippen molar-refractivity contribution in [2.75, 3.05) is 14.2 Å². The Labute approximate surface area is 175 Å². The molecule has 2 aromatic carbocycles. The molecule has 0 amide bonds. The van der Waals surface area contributed by atoms with Crippen molar-refractivity contribution >= 4 is 5.97 Å². The molecule has 0 saturated carbocycles. The maximum absolute atomic E-state index is 12.9. The number of rotatable bonds is 6. The van der Waals surface area contributed by atoms with E-state index in [1.807, 2.05) is 32.9 Å². The highest BCUT2D eigenvalue weighted by Gasteiger charge is 2.30. The molecule has 0 bridgehead atoms. The lowest BCUT2D eigenvalue weighted by molar-refractivity contribution is 0.0454. The Morgan fingerprint density at radius 1 is 1.23 bits per heavy atom. The number of hydrogen-bond acceptors (Lipinski definition) is 6. The standard InChI is InChI=1S/C22H25N3O5/c1-12(2)8-16(24-25-23)15-6-7-17-19(21(15)28-5)22(26)29-11-14-9-13(3)10-18(27-4)20(14)30-17/h6-7,9-10,12,16H,8,11H2,1-5H3. The third-order valence-electron chi connectivity index (χ3n) is 4.87. The van der Waals surface area contributed by atoms with E-state index < -0.39 is 12.0 Å². The molecule has 0 aromatic heterocycles. The van der Waals surface area contributed by atoms with Crippen LogP contribution in [0.15, 0.2) is 29.4 Å². The first-order valence-electron chi connectivity index (χ1n) is 9.67. The average molecular weight is 411 g/mol. The summed E-state index contributed by atoms with van der Waals surface area (Å²) in [6, 6.07) is 6.69. The minimum atomic E-state index is -0.570. The number of ether oxygens (including phenoxy) is 4. The van der Waals surface area contributed by atoms with E-state index in [1.54, 1.807) is 19.2 Å². The summed E-state index contributed by atoms with van der Waals surface area (Å²) in [7, 11) is 3.02. The van der Waals surface area contributed by atoms with Crippen LogP contribution in [0.3, 0.4) is 0 Å². The van der Waals surface area contributed by atoms with Gasteiger partial charge >= 0.3 is 5.97 Å². The molecule has 1 aliphatic heterocycles. The first-order chi connectivity index (χ1) is 14.4. The molecular weight excluding hydrogens is 386 g/mol. The summed E-state index contributed by atoms with van der Waals surface area (Å²) in [5, 5.41) is 3.92. The van der Waals surface area contributed by atoms with Crippen LogP contribution in [0.1, 0.15) is 53.4 Å². The van der Waals surface area contributed by atoms with Crippen molar-refractivity contribution in [1.29, 1.82) is 0 Å². The van der Waals surface area contributed by atoms with Gasteiger partial charge in [0.25, 0.3) is 0 Å². The number of aryl methyl sites for hydroxylation is 1. The summed E-state index contributed by atoms with van der Waals surface area (Å²) in [6.45, 7) is 6.02.